The third-order valence-electron chi connectivity index (χ3n) is 3.67. The lowest BCUT2D eigenvalue weighted by atomic mass is 10.3. The molecule has 1 N–H and O–H groups in total. The molecule has 136 valence electrons. The summed E-state index contributed by atoms with van der Waals surface area (Å²) in [5, 5.41) is 11.5. The zero-order valence-electron chi connectivity index (χ0n) is 14.6. The molecule has 0 bridgehead atoms. The molecule has 3 aromatic rings. The van der Waals surface area contributed by atoms with Gasteiger partial charge >= 0.3 is 0 Å². The van der Waals surface area contributed by atoms with Crippen molar-refractivity contribution in [3.05, 3.63) is 48.7 Å². The van der Waals surface area contributed by atoms with Crippen LogP contribution in [0.3, 0.4) is 0 Å². The Bertz CT molecular complexity index is 834. The van der Waals surface area contributed by atoms with E-state index in [0.29, 0.717) is 23.3 Å². The van der Waals surface area contributed by atoms with Crippen LogP contribution in [0, 0.1) is 0 Å². The number of hydrogen-bond acceptors (Lipinski definition) is 6. The number of carbonyl (C=O) groups excluding carboxylic acids is 1. The summed E-state index contributed by atoms with van der Waals surface area (Å²) in [4.78, 5) is 12.7. The topological polar surface area (TPSA) is 82.2 Å². The average molecular weight is 372 g/mol. The molecule has 2 heterocycles. The van der Waals surface area contributed by atoms with Crippen LogP contribution < -0.4 is 5.32 Å². The molecule has 1 amide bonds. The van der Waals surface area contributed by atoms with E-state index in [1.165, 1.54) is 11.8 Å². The van der Waals surface area contributed by atoms with E-state index in [1.54, 1.807) is 19.4 Å². The van der Waals surface area contributed by atoms with Crippen LogP contribution in [-0.4, -0.2) is 39.6 Å². The number of nitrogens with one attached hydrogen (secondary N) is 1. The van der Waals surface area contributed by atoms with Crippen molar-refractivity contribution >= 4 is 23.4 Å². The number of methoxy groups -OCH3 is 1. The first-order valence-corrected chi connectivity index (χ1v) is 9.09. The van der Waals surface area contributed by atoms with Crippen LogP contribution in [0.15, 0.2) is 58.3 Å². The Morgan fingerprint density at radius 2 is 2.08 bits per heavy atom. The maximum absolute atomic E-state index is 12.7. The molecule has 0 aliphatic heterocycles. The van der Waals surface area contributed by atoms with E-state index < -0.39 is 5.25 Å². The number of anilines is 1. The number of nitrogens with zero attached hydrogens (tertiary/aromatic N) is 3. The van der Waals surface area contributed by atoms with E-state index >= 15 is 0 Å². The highest BCUT2D eigenvalue weighted by Gasteiger charge is 2.24. The third-order valence-corrected chi connectivity index (χ3v) is 4.82. The highest BCUT2D eigenvalue weighted by atomic mass is 32.2. The smallest absolute Gasteiger partial charge is 0.240 e. The molecule has 0 fully saturated rings. The molecule has 1 aromatic carbocycles. The Morgan fingerprint density at radius 3 is 2.73 bits per heavy atom. The second-order valence-electron chi connectivity index (χ2n) is 5.44. The third kappa shape index (κ3) is 4.14. The van der Waals surface area contributed by atoms with Gasteiger partial charge in [0.25, 0.3) is 0 Å². The van der Waals surface area contributed by atoms with Crippen molar-refractivity contribution in [1.29, 1.82) is 0 Å². The molecule has 7 nitrogen and oxygen atoms in total. The molecule has 0 saturated heterocycles. The number of amides is 1. The Morgan fingerprint density at radius 1 is 1.27 bits per heavy atom. The fourth-order valence-corrected chi connectivity index (χ4v) is 3.49. The van der Waals surface area contributed by atoms with Crippen LogP contribution in [0.4, 0.5) is 5.69 Å². The van der Waals surface area contributed by atoms with E-state index in [9.17, 15) is 4.79 Å². The Kier molecular flexibility index (Phi) is 6.08. The van der Waals surface area contributed by atoms with Gasteiger partial charge in [0.2, 0.25) is 5.91 Å². The number of hydrogen-bond donors (Lipinski definition) is 1. The number of aromatic nitrogens is 3. The van der Waals surface area contributed by atoms with Crippen molar-refractivity contribution in [2.24, 2.45) is 0 Å². The highest BCUT2D eigenvalue weighted by Crippen LogP contribution is 2.28. The molecular weight excluding hydrogens is 352 g/mol. The number of para-hydroxylation sites is 1. The molecule has 0 spiro atoms. The number of furan rings is 1. The first kappa shape index (κ1) is 18.2. The molecule has 1 atom stereocenters. The van der Waals surface area contributed by atoms with Crippen LogP contribution in [-0.2, 0) is 16.1 Å². The summed E-state index contributed by atoms with van der Waals surface area (Å²) in [7, 11) is 1.57. The lowest BCUT2D eigenvalue weighted by Gasteiger charge is -2.15. The monoisotopic (exact) mass is 372 g/mol. The van der Waals surface area contributed by atoms with Crippen LogP contribution >= 0.6 is 11.8 Å². The molecule has 0 aliphatic carbocycles. The van der Waals surface area contributed by atoms with Gasteiger partial charge < -0.3 is 14.5 Å². The zero-order valence-corrected chi connectivity index (χ0v) is 15.4. The van der Waals surface area contributed by atoms with Crippen molar-refractivity contribution in [1.82, 2.24) is 14.8 Å². The second-order valence-corrected chi connectivity index (χ2v) is 6.61. The minimum absolute atomic E-state index is 0.145. The second kappa shape index (κ2) is 8.68. The Labute approximate surface area is 155 Å². The van der Waals surface area contributed by atoms with Gasteiger partial charge in [-0.25, -0.2) is 0 Å². The van der Waals surface area contributed by atoms with Gasteiger partial charge in [0.1, 0.15) is 5.25 Å². The van der Waals surface area contributed by atoms with Gasteiger partial charge in [-0.2, -0.15) is 0 Å². The molecule has 3 rings (SSSR count). The summed E-state index contributed by atoms with van der Waals surface area (Å²) >= 11 is 1.32. The van der Waals surface area contributed by atoms with Gasteiger partial charge in [-0.1, -0.05) is 30.0 Å². The predicted molar refractivity (Wildman–Crippen MR) is 100.0 cm³/mol. The van der Waals surface area contributed by atoms with Gasteiger partial charge in [-0.3, -0.25) is 9.36 Å². The van der Waals surface area contributed by atoms with E-state index in [1.807, 2.05) is 47.9 Å². The maximum atomic E-state index is 12.7. The average Bonchev–Trinajstić information content (AvgIpc) is 3.31. The summed E-state index contributed by atoms with van der Waals surface area (Å²) in [5.74, 6) is 1.14. The Hall–Kier alpha value is -2.58. The molecule has 26 heavy (non-hydrogen) atoms. The predicted octanol–water partition coefficient (Wildman–Crippen LogP) is 3.30. The summed E-state index contributed by atoms with van der Waals surface area (Å²) in [5.41, 5.74) is 0.743. The number of carbonyl (C=O) groups is 1. The van der Waals surface area contributed by atoms with Crippen LogP contribution in [0.25, 0.3) is 11.6 Å². The minimum atomic E-state index is -0.459. The van der Waals surface area contributed by atoms with Crippen molar-refractivity contribution in [3.8, 4) is 11.6 Å². The quantitative estimate of drug-likeness (QED) is 0.611. The van der Waals surface area contributed by atoms with Gasteiger partial charge in [0.05, 0.1) is 12.9 Å². The normalized spacial score (nSPS) is 12.1. The van der Waals surface area contributed by atoms with Crippen molar-refractivity contribution in [2.75, 3.05) is 19.0 Å². The molecule has 2 aromatic heterocycles. The van der Waals surface area contributed by atoms with E-state index in [2.05, 4.69) is 15.5 Å². The summed E-state index contributed by atoms with van der Waals surface area (Å²) in [6, 6.07) is 13.0. The fourth-order valence-electron chi connectivity index (χ4n) is 2.44. The molecule has 8 heteroatoms. The van der Waals surface area contributed by atoms with Crippen LogP contribution in [0.1, 0.15) is 6.92 Å². The van der Waals surface area contributed by atoms with Gasteiger partial charge in [-0.05, 0) is 31.2 Å². The minimum Gasteiger partial charge on any atom is -0.461 e. The lowest BCUT2D eigenvalue weighted by molar-refractivity contribution is -0.116. The van der Waals surface area contributed by atoms with E-state index in [0.717, 1.165) is 5.69 Å². The van der Waals surface area contributed by atoms with Crippen molar-refractivity contribution < 1.29 is 13.9 Å². The summed E-state index contributed by atoms with van der Waals surface area (Å²) in [6.45, 7) is 2.91. The lowest BCUT2D eigenvalue weighted by Crippen LogP contribution is -2.29. The maximum Gasteiger partial charge on any atom is 0.240 e. The first-order chi connectivity index (χ1) is 12.7. The summed E-state index contributed by atoms with van der Waals surface area (Å²) < 4.78 is 12.6. The van der Waals surface area contributed by atoms with E-state index in [4.69, 9.17) is 9.15 Å². The number of rotatable bonds is 8. The number of benzene rings is 1. The molecule has 0 saturated carbocycles. The molecule has 1 unspecified atom stereocenters. The SMILES string of the molecule is CCn1c(SC(COC)C(=O)Nc2ccccc2)nnc1-c1ccco1. The highest BCUT2D eigenvalue weighted by molar-refractivity contribution is 8.00. The van der Waals surface area contributed by atoms with Crippen LogP contribution in [0.2, 0.25) is 0 Å². The molecule has 0 aliphatic rings. The van der Waals surface area contributed by atoms with Gasteiger partial charge in [0, 0.05) is 19.3 Å². The molecule has 0 radical (unpaired) electrons. The van der Waals surface area contributed by atoms with E-state index in [-0.39, 0.29) is 12.5 Å². The van der Waals surface area contributed by atoms with Gasteiger partial charge in [-0.15, -0.1) is 10.2 Å². The van der Waals surface area contributed by atoms with Gasteiger partial charge in [0.15, 0.2) is 16.7 Å². The van der Waals surface area contributed by atoms with Crippen molar-refractivity contribution in [3.63, 3.8) is 0 Å². The van der Waals surface area contributed by atoms with Crippen LogP contribution in [0.5, 0.6) is 0 Å². The van der Waals surface area contributed by atoms with Crippen molar-refractivity contribution in [2.45, 2.75) is 23.9 Å². The summed E-state index contributed by atoms with van der Waals surface area (Å²) in [6.07, 6.45) is 1.60. The Balaban J connectivity index is 1.78. The standard InChI is InChI=1S/C18H20N4O3S/c1-3-22-16(14-10-7-11-25-14)20-21-18(22)26-15(12-24-2)17(23)19-13-8-5-4-6-9-13/h4-11,15H,3,12H2,1-2H3,(H,19,23). The number of thioether (sulfide) groups is 1. The fraction of sp³-hybridized carbons (Fsp3) is 0.278. The largest absolute Gasteiger partial charge is 0.461 e. The first-order valence-electron chi connectivity index (χ1n) is 8.21. The molecular formula is C18H20N4O3S. The zero-order chi connectivity index (χ0) is 18.4. The number of ether oxygens (including phenoxy) is 1.